The van der Waals surface area contributed by atoms with Gasteiger partial charge in [0, 0.05) is 24.5 Å². The molecule has 25 heavy (non-hydrogen) atoms. The maximum atomic E-state index is 12.4. The molecule has 0 aromatic heterocycles. The number of anilines is 2. The molecular weight excluding hydrogens is 342 g/mol. The molecule has 0 unspecified atom stereocenters. The Bertz CT molecular complexity index is 792. The topological polar surface area (TPSA) is 98.7 Å². The molecule has 0 aliphatic carbocycles. The summed E-state index contributed by atoms with van der Waals surface area (Å²) < 4.78 is 24.7. The highest BCUT2D eigenvalue weighted by Gasteiger charge is 2.13. The Balaban J connectivity index is 2.02. The van der Waals surface area contributed by atoms with Gasteiger partial charge in [-0.15, -0.1) is 0 Å². The fraction of sp³-hybridized carbons (Fsp3) is 0.235. The highest BCUT2D eigenvalue weighted by atomic mass is 32.2. The lowest BCUT2D eigenvalue weighted by molar-refractivity contribution is 0.185. The van der Waals surface area contributed by atoms with Gasteiger partial charge in [-0.3, -0.25) is 4.72 Å². The van der Waals surface area contributed by atoms with Crippen molar-refractivity contribution in [3.05, 3.63) is 60.2 Å². The zero-order chi connectivity index (χ0) is 18.3. The van der Waals surface area contributed by atoms with E-state index in [1.165, 1.54) is 4.90 Å². The Morgan fingerprint density at radius 2 is 1.64 bits per heavy atom. The van der Waals surface area contributed by atoms with Gasteiger partial charge >= 0.3 is 6.03 Å². The number of hydrogen-bond acceptors (Lipinski definition) is 4. The van der Waals surface area contributed by atoms with Crippen molar-refractivity contribution in [3.63, 3.8) is 0 Å². The van der Waals surface area contributed by atoms with Crippen molar-refractivity contribution in [1.82, 2.24) is 4.90 Å². The predicted molar refractivity (Wildman–Crippen MR) is 97.9 cm³/mol. The summed E-state index contributed by atoms with van der Waals surface area (Å²) in [7, 11) is -3.34. The average Bonchev–Trinajstić information content (AvgIpc) is 2.56. The van der Waals surface area contributed by atoms with Gasteiger partial charge in [-0.25, -0.2) is 13.2 Å². The molecule has 0 saturated carbocycles. The van der Waals surface area contributed by atoms with Crippen LogP contribution in [0, 0.1) is 0 Å². The first-order valence-electron chi connectivity index (χ1n) is 7.66. The smallest absolute Gasteiger partial charge is 0.322 e. The molecule has 2 aromatic rings. The molecule has 134 valence electrons. The second-order valence-electron chi connectivity index (χ2n) is 5.51. The summed E-state index contributed by atoms with van der Waals surface area (Å²) in [6, 6.07) is 15.5. The first kappa shape index (κ1) is 18.8. The van der Waals surface area contributed by atoms with Gasteiger partial charge in [0.2, 0.25) is 10.0 Å². The Kier molecular flexibility index (Phi) is 6.37. The van der Waals surface area contributed by atoms with Crippen molar-refractivity contribution < 1.29 is 18.3 Å². The van der Waals surface area contributed by atoms with Crippen LogP contribution in [0.4, 0.5) is 16.2 Å². The lowest BCUT2D eigenvalue weighted by Crippen LogP contribution is -2.36. The van der Waals surface area contributed by atoms with Crippen LogP contribution in [0.15, 0.2) is 54.6 Å². The van der Waals surface area contributed by atoms with Crippen LogP contribution in [0.25, 0.3) is 0 Å². The minimum absolute atomic E-state index is 0.141. The quantitative estimate of drug-likeness (QED) is 0.701. The molecule has 0 saturated heterocycles. The SMILES string of the molecule is CS(=O)(=O)Nc1ccc(NC(=O)N(CCO)Cc2ccccc2)cc1. The van der Waals surface area contributed by atoms with Crippen molar-refractivity contribution in [2.45, 2.75) is 6.54 Å². The van der Waals surface area contributed by atoms with E-state index in [1.54, 1.807) is 24.3 Å². The van der Waals surface area contributed by atoms with Crippen LogP contribution in [0.3, 0.4) is 0 Å². The molecule has 0 aliphatic heterocycles. The van der Waals surface area contributed by atoms with Crippen molar-refractivity contribution in [1.29, 1.82) is 0 Å². The van der Waals surface area contributed by atoms with Crippen LogP contribution in [0.1, 0.15) is 5.56 Å². The van der Waals surface area contributed by atoms with E-state index < -0.39 is 10.0 Å². The zero-order valence-electron chi connectivity index (χ0n) is 13.8. The number of urea groups is 1. The van der Waals surface area contributed by atoms with Gasteiger partial charge in [0.1, 0.15) is 0 Å². The fourth-order valence-electron chi connectivity index (χ4n) is 2.22. The molecule has 2 amide bonds. The van der Waals surface area contributed by atoms with Crippen LogP contribution in [0.2, 0.25) is 0 Å². The minimum atomic E-state index is -3.34. The van der Waals surface area contributed by atoms with E-state index in [9.17, 15) is 18.3 Å². The Morgan fingerprint density at radius 3 is 2.20 bits per heavy atom. The number of nitrogens with zero attached hydrogens (tertiary/aromatic N) is 1. The number of nitrogens with one attached hydrogen (secondary N) is 2. The number of rotatable bonds is 7. The third kappa shape index (κ3) is 6.44. The second-order valence-corrected chi connectivity index (χ2v) is 7.26. The van der Waals surface area contributed by atoms with Crippen LogP contribution < -0.4 is 10.0 Å². The van der Waals surface area contributed by atoms with E-state index in [4.69, 9.17) is 0 Å². The molecular formula is C17H21N3O4S. The minimum Gasteiger partial charge on any atom is -0.395 e. The molecule has 0 fully saturated rings. The van der Waals surface area contributed by atoms with E-state index in [2.05, 4.69) is 10.0 Å². The number of sulfonamides is 1. The van der Waals surface area contributed by atoms with E-state index in [0.29, 0.717) is 17.9 Å². The number of carbonyl (C=O) groups excluding carboxylic acids is 1. The molecule has 8 heteroatoms. The predicted octanol–water partition coefficient (Wildman–Crippen LogP) is 2.08. The third-order valence-electron chi connectivity index (χ3n) is 3.31. The first-order valence-corrected chi connectivity index (χ1v) is 9.55. The van der Waals surface area contributed by atoms with E-state index in [-0.39, 0.29) is 19.2 Å². The lowest BCUT2D eigenvalue weighted by atomic mass is 10.2. The van der Waals surface area contributed by atoms with E-state index in [0.717, 1.165) is 11.8 Å². The largest absolute Gasteiger partial charge is 0.395 e. The van der Waals surface area contributed by atoms with Crippen LogP contribution in [0.5, 0.6) is 0 Å². The summed E-state index contributed by atoms with van der Waals surface area (Å²) in [5.41, 5.74) is 1.90. The Morgan fingerprint density at radius 1 is 1.04 bits per heavy atom. The molecule has 2 rings (SSSR count). The summed E-state index contributed by atoms with van der Waals surface area (Å²) >= 11 is 0. The van der Waals surface area contributed by atoms with Crippen molar-refractivity contribution in [2.24, 2.45) is 0 Å². The second kappa shape index (κ2) is 8.50. The maximum absolute atomic E-state index is 12.4. The summed E-state index contributed by atoms with van der Waals surface area (Å²) in [6.45, 7) is 0.437. The Labute approximate surface area is 147 Å². The molecule has 0 atom stereocenters. The van der Waals surface area contributed by atoms with Gasteiger partial charge in [-0.2, -0.15) is 0 Å². The summed E-state index contributed by atoms with van der Waals surface area (Å²) in [5, 5.41) is 11.9. The maximum Gasteiger partial charge on any atom is 0.322 e. The molecule has 0 aliphatic rings. The van der Waals surface area contributed by atoms with Crippen LogP contribution in [-0.2, 0) is 16.6 Å². The zero-order valence-corrected chi connectivity index (χ0v) is 14.7. The summed E-state index contributed by atoms with van der Waals surface area (Å²) in [4.78, 5) is 13.9. The fourth-order valence-corrected chi connectivity index (χ4v) is 2.78. The van der Waals surface area contributed by atoms with Gasteiger partial charge in [0.25, 0.3) is 0 Å². The number of benzene rings is 2. The van der Waals surface area contributed by atoms with Gasteiger partial charge in [-0.05, 0) is 29.8 Å². The van der Waals surface area contributed by atoms with Gasteiger partial charge in [-0.1, -0.05) is 30.3 Å². The molecule has 7 nitrogen and oxygen atoms in total. The highest BCUT2D eigenvalue weighted by Crippen LogP contribution is 2.15. The van der Waals surface area contributed by atoms with Crippen LogP contribution in [-0.4, -0.2) is 43.9 Å². The number of aliphatic hydroxyl groups excluding tert-OH is 1. The standard InChI is InChI=1S/C17H21N3O4S/c1-25(23,24)19-16-9-7-15(8-10-16)18-17(22)20(11-12-21)13-14-5-3-2-4-6-14/h2-10,19,21H,11-13H2,1H3,(H,18,22). The molecule has 0 radical (unpaired) electrons. The van der Waals surface area contributed by atoms with Gasteiger partial charge in [0.15, 0.2) is 0 Å². The lowest BCUT2D eigenvalue weighted by Gasteiger charge is -2.22. The number of hydrogen-bond donors (Lipinski definition) is 3. The monoisotopic (exact) mass is 363 g/mol. The molecule has 3 N–H and O–H groups in total. The normalized spacial score (nSPS) is 11.0. The molecule has 0 bridgehead atoms. The van der Waals surface area contributed by atoms with Crippen LogP contribution >= 0.6 is 0 Å². The first-order chi connectivity index (χ1) is 11.9. The molecule has 0 heterocycles. The van der Waals surface area contributed by atoms with E-state index in [1.807, 2.05) is 30.3 Å². The number of amides is 2. The van der Waals surface area contributed by atoms with Gasteiger partial charge in [0.05, 0.1) is 12.9 Å². The van der Waals surface area contributed by atoms with Gasteiger partial charge < -0.3 is 15.3 Å². The Hall–Kier alpha value is -2.58. The van der Waals surface area contributed by atoms with E-state index >= 15 is 0 Å². The number of carbonyl (C=O) groups is 1. The average molecular weight is 363 g/mol. The van der Waals surface area contributed by atoms with Crippen molar-refractivity contribution >= 4 is 27.4 Å². The third-order valence-corrected chi connectivity index (χ3v) is 3.92. The van der Waals surface area contributed by atoms with Crippen molar-refractivity contribution in [3.8, 4) is 0 Å². The molecule has 0 spiro atoms. The molecule has 2 aromatic carbocycles. The van der Waals surface area contributed by atoms with Crippen molar-refractivity contribution in [2.75, 3.05) is 29.4 Å². The summed E-state index contributed by atoms with van der Waals surface area (Å²) in [6.07, 6.45) is 1.07. The highest BCUT2D eigenvalue weighted by molar-refractivity contribution is 7.92. The summed E-state index contributed by atoms with van der Waals surface area (Å²) in [5.74, 6) is 0. The number of aliphatic hydroxyl groups is 1.